The van der Waals surface area contributed by atoms with E-state index in [0.29, 0.717) is 17.8 Å². The molecule has 20 heavy (non-hydrogen) atoms. The number of piperidine rings is 1. The lowest BCUT2D eigenvalue weighted by molar-refractivity contribution is 0.145. The van der Waals surface area contributed by atoms with Gasteiger partial charge in [0.15, 0.2) is 0 Å². The standard InChI is InChI=1S/C13H24N6O/c1-4-18(5-2)12-15-11(14-3)16-13(17-12)19-8-6-10(20)7-9-19/h10,20H,4-9H2,1-3H3,(H,14,15,16,17). The highest BCUT2D eigenvalue weighted by Gasteiger charge is 2.21. The topological polar surface area (TPSA) is 77.4 Å². The number of anilines is 3. The van der Waals surface area contributed by atoms with Crippen molar-refractivity contribution in [1.82, 2.24) is 15.0 Å². The molecule has 112 valence electrons. The van der Waals surface area contributed by atoms with Crippen molar-refractivity contribution in [3.8, 4) is 0 Å². The summed E-state index contributed by atoms with van der Waals surface area (Å²) in [5, 5.41) is 12.6. The minimum absolute atomic E-state index is 0.195. The Kier molecular flexibility index (Phi) is 4.94. The average molecular weight is 280 g/mol. The maximum atomic E-state index is 9.59. The van der Waals surface area contributed by atoms with E-state index >= 15 is 0 Å². The molecular formula is C13H24N6O. The molecule has 0 bridgehead atoms. The lowest BCUT2D eigenvalue weighted by atomic mass is 10.1. The van der Waals surface area contributed by atoms with Gasteiger partial charge in [-0.1, -0.05) is 0 Å². The van der Waals surface area contributed by atoms with Gasteiger partial charge in [0.2, 0.25) is 17.8 Å². The van der Waals surface area contributed by atoms with Crippen LogP contribution in [-0.4, -0.2) is 59.4 Å². The van der Waals surface area contributed by atoms with Gasteiger partial charge in [-0.25, -0.2) is 0 Å². The van der Waals surface area contributed by atoms with Crippen molar-refractivity contribution in [2.75, 3.05) is 48.3 Å². The van der Waals surface area contributed by atoms with E-state index in [-0.39, 0.29) is 6.10 Å². The predicted octanol–water partition coefficient (Wildman–Crippen LogP) is 0.721. The van der Waals surface area contributed by atoms with Crippen LogP contribution in [0.2, 0.25) is 0 Å². The zero-order valence-corrected chi connectivity index (χ0v) is 12.5. The van der Waals surface area contributed by atoms with Crippen molar-refractivity contribution < 1.29 is 5.11 Å². The van der Waals surface area contributed by atoms with Crippen molar-refractivity contribution in [2.24, 2.45) is 0 Å². The molecule has 1 saturated heterocycles. The van der Waals surface area contributed by atoms with Gasteiger partial charge in [-0.2, -0.15) is 15.0 Å². The fraction of sp³-hybridized carbons (Fsp3) is 0.769. The summed E-state index contributed by atoms with van der Waals surface area (Å²) in [6, 6.07) is 0. The minimum Gasteiger partial charge on any atom is -0.393 e. The van der Waals surface area contributed by atoms with Crippen LogP contribution in [0.4, 0.5) is 17.8 Å². The molecule has 0 saturated carbocycles. The van der Waals surface area contributed by atoms with Gasteiger partial charge in [-0.3, -0.25) is 0 Å². The van der Waals surface area contributed by atoms with Gasteiger partial charge in [0.25, 0.3) is 0 Å². The number of aliphatic hydroxyl groups excluding tert-OH is 1. The molecule has 1 aliphatic heterocycles. The number of rotatable bonds is 5. The van der Waals surface area contributed by atoms with Crippen LogP contribution < -0.4 is 15.1 Å². The summed E-state index contributed by atoms with van der Waals surface area (Å²) < 4.78 is 0. The second kappa shape index (κ2) is 6.69. The Labute approximate surface area is 120 Å². The van der Waals surface area contributed by atoms with Gasteiger partial charge in [0, 0.05) is 33.2 Å². The third kappa shape index (κ3) is 3.27. The number of aromatic nitrogens is 3. The molecule has 0 radical (unpaired) electrons. The molecular weight excluding hydrogens is 256 g/mol. The molecule has 0 atom stereocenters. The smallest absolute Gasteiger partial charge is 0.231 e. The fourth-order valence-corrected chi connectivity index (χ4v) is 2.32. The fourth-order valence-electron chi connectivity index (χ4n) is 2.32. The minimum atomic E-state index is -0.195. The van der Waals surface area contributed by atoms with Crippen molar-refractivity contribution >= 4 is 17.8 Å². The summed E-state index contributed by atoms with van der Waals surface area (Å²) in [6.45, 7) is 7.47. The second-order valence-electron chi connectivity index (χ2n) is 4.90. The summed E-state index contributed by atoms with van der Waals surface area (Å²) in [6.07, 6.45) is 1.33. The highest BCUT2D eigenvalue weighted by Crippen LogP contribution is 2.20. The molecule has 7 nitrogen and oxygen atoms in total. The van der Waals surface area contributed by atoms with Gasteiger partial charge >= 0.3 is 0 Å². The van der Waals surface area contributed by atoms with Gasteiger partial charge in [-0.15, -0.1) is 0 Å². The van der Waals surface area contributed by atoms with Crippen LogP contribution in [0.5, 0.6) is 0 Å². The van der Waals surface area contributed by atoms with E-state index in [2.05, 4.69) is 43.9 Å². The Morgan fingerprint density at radius 3 is 2.40 bits per heavy atom. The van der Waals surface area contributed by atoms with Crippen molar-refractivity contribution in [3.05, 3.63) is 0 Å². The third-order valence-corrected chi connectivity index (χ3v) is 3.63. The SMILES string of the molecule is CCN(CC)c1nc(NC)nc(N2CCC(O)CC2)n1. The van der Waals surface area contributed by atoms with Gasteiger partial charge < -0.3 is 20.2 Å². The van der Waals surface area contributed by atoms with E-state index in [9.17, 15) is 5.11 Å². The first-order chi connectivity index (χ1) is 9.67. The van der Waals surface area contributed by atoms with Crippen LogP contribution in [-0.2, 0) is 0 Å². The Balaban J connectivity index is 2.25. The van der Waals surface area contributed by atoms with E-state index in [4.69, 9.17) is 0 Å². The van der Waals surface area contributed by atoms with Crippen molar-refractivity contribution in [2.45, 2.75) is 32.8 Å². The molecule has 1 aliphatic rings. The lowest BCUT2D eigenvalue weighted by Gasteiger charge is -2.30. The van der Waals surface area contributed by atoms with Crippen LogP contribution >= 0.6 is 0 Å². The molecule has 2 rings (SSSR count). The Bertz CT molecular complexity index is 429. The first-order valence-corrected chi connectivity index (χ1v) is 7.29. The van der Waals surface area contributed by atoms with E-state index in [1.807, 2.05) is 7.05 Å². The molecule has 7 heteroatoms. The molecule has 1 aromatic rings. The highest BCUT2D eigenvalue weighted by molar-refractivity contribution is 5.45. The Hall–Kier alpha value is -1.63. The van der Waals surface area contributed by atoms with Crippen LogP contribution in [0.25, 0.3) is 0 Å². The van der Waals surface area contributed by atoms with Crippen LogP contribution in [0.3, 0.4) is 0 Å². The molecule has 0 aromatic carbocycles. The molecule has 1 fully saturated rings. The quantitative estimate of drug-likeness (QED) is 0.823. The van der Waals surface area contributed by atoms with E-state index < -0.39 is 0 Å². The molecule has 1 aromatic heterocycles. The largest absolute Gasteiger partial charge is 0.393 e. The molecule has 2 N–H and O–H groups in total. The molecule has 0 unspecified atom stereocenters. The summed E-state index contributed by atoms with van der Waals surface area (Å²) in [5.74, 6) is 1.98. The predicted molar refractivity (Wildman–Crippen MR) is 80.4 cm³/mol. The maximum Gasteiger partial charge on any atom is 0.231 e. The number of nitrogens with zero attached hydrogens (tertiary/aromatic N) is 5. The Morgan fingerprint density at radius 2 is 1.85 bits per heavy atom. The lowest BCUT2D eigenvalue weighted by Crippen LogP contribution is -2.37. The summed E-state index contributed by atoms with van der Waals surface area (Å²) in [5.41, 5.74) is 0. The molecule has 0 amide bonds. The van der Waals surface area contributed by atoms with Gasteiger partial charge in [0.1, 0.15) is 0 Å². The normalized spacial score (nSPS) is 16.3. The van der Waals surface area contributed by atoms with Crippen molar-refractivity contribution in [3.63, 3.8) is 0 Å². The maximum absolute atomic E-state index is 9.59. The summed E-state index contributed by atoms with van der Waals surface area (Å²) in [4.78, 5) is 17.7. The van der Waals surface area contributed by atoms with Gasteiger partial charge in [-0.05, 0) is 26.7 Å². The van der Waals surface area contributed by atoms with Crippen LogP contribution in [0.1, 0.15) is 26.7 Å². The number of hydrogen-bond acceptors (Lipinski definition) is 7. The number of nitrogens with one attached hydrogen (secondary N) is 1. The van der Waals surface area contributed by atoms with E-state index in [1.54, 1.807) is 0 Å². The first kappa shape index (κ1) is 14.8. The van der Waals surface area contributed by atoms with Gasteiger partial charge in [0.05, 0.1) is 6.10 Å². The summed E-state index contributed by atoms with van der Waals surface area (Å²) in [7, 11) is 1.81. The monoisotopic (exact) mass is 280 g/mol. The molecule has 2 heterocycles. The Morgan fingerprint density at radius 1 is 1.20 bits per heavy atom. The first-order valence-electron chi connectivity index (χ1n) is 7.29. The molecule has 0 spiro atoms. The summed E-state index contributed by atoms with van der Waals surface area (Å²) >= 11 is 0. The number of aliphatic hydroxyl groups is 1. The average Bonchev–Trinajstić information content (AvgIpc) is 2.49. The van der Waals surface area contributed by atoms with Crippen LogP contribution in [0.15, 0.2) is 0 Å². The second-order valence-corrected chi connectivity index (χ2v) is 4.90. The van der Waals surface area contributed by atoms with Crippen molar-refractivity contribution in [1.29, 1.82) is 0 Å². The molecule has 0 aliphatic carbocycles. The number of hydrogen-bond donors (Lipinski definition) is 2. The highest BCUT2D eigenvalue weighted by atomic mass is 16.3. The van der Waals surface area contributed by atoms with Crippen LogP contribution in [0, 0.1) is 0 Å². The van der Waals surface area contributed by atoms with E-state index in [0.717, 1.165) is 39.0 Å². The third-order valence-electron chi connectivity index (χ3n) is 3.63. The van der Waals surface area contributed by atoms with E-state index in [1.165, 1.54) is 0 Å². The zero-order valence-electron chi connectivity index (χ0n) is 12.5. The zero-order chi connectivity index (χ0) is 14.5.